The van der Waals surface area contributed by atoms with Crippen molar-refractivity contribution in [1.82, 2.24) is 4.90 Å². The summed E-state index contributed by atoms with van der Waals surface area (Å²) in [5.74, 6) is -2.52. The van der Waals surface area contributed by atoms with E-state index in [0.29, 0.717) is 33.8 Å². The minimum absolute atomic E-state index is 0.266. The Labute approximate surface area is 239 Å². The second kappa shape index (κ2) is 11.3. The molecule has 0 aromatic heterocycles. The molecule has 4 unspecified atom stereocenters. The highest BCUT2D eigenvalue weighted by Crippen LogP contribution is 2.57. The van der Waals surface area contributed by atoms with Gasteiger partial charge >= 0.3 is 5.97 Å². The fraction of sp³-hybridized carbons (Fsp3) is 0.206. The van der Waals surface area contributed by atoms with Gasteiger partial charge in [-0.15, -0.1) is 0 Å². The van der Waals surface area contributed by atoms with Crippen molar-refractivity contribution in [2.24, 2.45) is 5.92 Å². The molecule has 1 amide bonds. The quantitative estimate of drug-likeness (QED) is 0.270. The van der Waals surface area contributed by atoms with Crippen molar-refractivity contribution in [3.05, 3.63) is 131 Å². The van der Waals surface area contributed by atoms with E-state index in [1.165, 1.54) is 4.90 Å². The molecule has 1 heterocycles. The molecule has 0 bridgehead atoms. The van der Waals surface area contributed by atoms with Gasteiger partial charge in [-0.05, 0) is 66.6 Å². The van der Waals surface area contributed by atoms with Crippen molar-refractivity contribution in [2.45, 2.75) is 24.4 Å². The number of nitrogens with zero attached hydrogens (tertiary/aromatic N) is 1. The first kappa shape index (κ1) is 27.6. The van der Waals surface area contributed by atoms with Crippen LogP contribution in [0.2, 0.25) is 0 Å². The van der Waals surface area contributed by atoms with Crippen molar-refractivity contribution in [1.29, 1.82) is 0 Å². The van der Waals surface area contributed by atoms with Crippen molar-refractivity contribution in [2.75, 3.05) is 14.2 Å². The van der Waals surface area contributed by atoms with Gasteiger partial charge in [0, 0.05) is 17.0 Å². The maximum atomic E-state index is 14.6. The monoisotopic (exact) mass is 549 g/mol. The summed E-state index contributed by atoms with van der Waals surface area (Å²) in [7, 11) is 3.10. The summed E-state index contributed by atoms with van der Waals surface area (Å²) in [5.41, 5.74) is 0.255. The summed E-state index contributed by atoms with van der Waals surface area (Å²) in [6.45, 7) is 1.55. The number of carboxylic acid groups (broad SMARTS) is 1. The third-order valence-electron chi connectivity index (χ3n) is 8.05. The minimum Gasteiger partial charge on any atom is -0.497 e. The number of carboxylic acids is 1. The van der Waals surface area contributed by atoms with Crippen LogP contribution in [0.1, 0.15) is 50.7 Å². The first-order valence-electron chi connectivity index (χ1n) is 13.3. The highest BCUT2D eigenvalue weighted by Gasteiger charge is 2.64. The Bertz CT molecular complexity index is 1540. The van der Waals surface area contributed by atoms with Crippen molar-refractivity contribution >= 4 is 17.7 Å². The summed E-state index contributed by atoms with van der Waals surface area (Å²) < 4.78 is 10.6. The van der Waals surface area contributed by atoms with Crippen LogP contribution in [0, 0.1) is 5.92 Å². The number of Topliss-reactive ketones (excluding diaryl/α,β-unsaturated/α-hetero) is 1. The van der Waals surface area contributed by atoms with Crippen LogP contribution < -0.4 is 9.47 Å². The van der Waals surface area contributed by atoms with E-state index < -0.39 is 35.3 Å². The van der Waals surface area contributed by atoms with Crippen LogP contribution in [0.3, 0.4) is 0 Å². The normalized spacial score (nSPS) is 21.7. The van der Waals surface area contributed by atoms with Crippen LogP contribution in [-0.2, 0) is 4.79 Å². The molecule has 0 aliphatic carbocycles. The van der Waals surface area contributed by atoms with E-state index in [4.69, 9.17) is 9.47 Å². The summed E-state index contributed by atoms with van der Waals surface area (Å²) in [4.78, 5) is 43.7. The molecule has 0 radical (unpaired) electrons. The number of carbonyl (C=O) groups excluding carboxylic acids is 2. The fourth-order valence-corrected chi connectivity index (χ4v) is 6.02. The van der Waals surface area contributed by atoms with Gasteiger partial charge in [0.15, 0.2) is 5.78 Å². The highest BCUT2D eigenvalue weighted by atomic mass is 16.5. The van der Waals surface area contributed by atoms with Gasteiger partial charge in [-0.1, -0.05) is 60.7 Å². The van der Waals surface area contributed by atoms with Crippen molar-refractivity contribution < 1.29 is 29.0 Å². The first-order valence-corrected chi connectivity index (χ1v) is 13.3. The van der Waals surface area contributed by atoms with Gasteiger partial charge in [0.1, 0.15) is 17.0 Å². The molecular formula is C34H31NO6. The standard InChI is InChI=1S/C34H31NO6/c1-34(33(38)39)29(22-10-6-4-7-11-22)28(31(36)24-16-20-27(41-3)21-17-24)30(23-14-18-26(40-2)19-15-23)35(34)32(37)25-12-8-5-9-13-25/h4-21,28-30H,1-3H3,(H,38,39). The predicted molar refractivity (Wildman–Crippen MR) is 154 cm³/mol. The maximum Gasteiger partial charge on any atom is 0.330 e. The SMILES string of the molecule is COc1ccc(C(=O)C2C(c3ccc(OC)cc3)N(C(=O)c3ccccc3)C(C)(C(=O)O)C2c2ccccc2)cc1. The number of methoxy groups -OCH3 is 2. The lowest BCUT2D eigenvalue weighted by Crippen LogP contribution is -2.54. The maximum absolute atomic E-state index is 14.6. The summed E-state index contributed by atoms with van der Waals surface area (Å²) in [6, 6.07) is 30.6. The number of likely N-dealkylation sites (tertiary alicyclic amines) is 1. The van der Waals surface area contributed by atoms with Gasteiger partial charge in [-0.3, -0.25) is 9.59 Å². The lowest BCUT2D eigenvalue weighted by atomic mass is 9.71. The number of aliphatic carboxylic acids is 1. The van der Waals surface area contributed by atoms with Gasteiger partial charge in [-0.2, -0.15) is 0 Å². The third-order valence-corrected chi connectivity index (χ3v) is 8.05. The summed E-state index contributed by atoms with van der Waals surface area (Å²) in [6.07, 6.45) is 0. The second-order valence-corrected chi connectivity index (χ2v) is 10.2. The number of rotatable bonds is 8. The molecule has 4 aromatic rings. The molecule has 7 heteroatoms. The van der Waals surface area contributed by atoms with Gasteiger partial charge in [0.05, 0.1) is 26.2 Å². The van der Waals surface area contributed by atoms with Gasteiger partial charge in [0.25, 0.3) is 5.91 Å². The molecule has 41 heavy (non-hydrogen) atoms. The average molecular weight is 550 g/mol. The van der Waals surface area contributed by atoms with E-state index in [9.17, 15) is 19.5 Å². The first-order chi connectivity index (χ1) is 19.8. The number of carbonyl (C=O) groups is 3. The van der Waals surface area contributed by atoms with Crippen LogP contribution in [-0.4, -0.2) is 47.4 Å². The van der Waals surface area contributed by atoms with Crippen molar-refractivity contribution in [3.63, 3.8) is 0 Å². The predicted octanol–water partition coefficient (Wildman–Crippen LogP) is 6.03. The van der Waals surface area contributed by atoms with E-state index in [2.05, 4.69) is 0 Å². The molecule has 0 spiro atoms. The molecule has 1 aliphatic rings. The minimum atomic E-state index is -1.77. The number of ketones is 1. The lowest BCUT2D eigenvalue weighted by Gasteiger charge is -2.38. The fourth-order valence-electron chi connectivity index (χ4n) is 6.02. The smallest absolute Gasteiger partial charge is 0.330 e. The third kappa shape index (κ3) is 4.84. The number of benzene rings is 4. The molecule has 4 aromatic carbocycles. The molecule has 208 valence electrons. The molecule has 0 saturated carbocycles. The van der Waals surface area contributed by atoms with E-state index in [1.54, 1.807) is 100 Å². The van der Waals surface area contributed by atoms with Crippen molar-refractivity contribution in [3.8, 4) is 11.5 Å². The highest BCUT2D eigenvalue weighted by molar-refractivity contribution is 6.04. The van der Waals surface area contributed by atoms with E-state index in [0.717, 1.165) is 0 Å². The summed E-state index contributed by atoms with van der Waals surface area (Å²) in [5, 5.41) is 10.9. The Balaban J connectivity index is 1.80. The molecule has 1 N–H and O–H groups in total. The zero-order valence-electron chi connectivity index (χ0n) is 23.1. The van der Waals surface area contributed by atoms with E-state index >= 15 is 0 Å². The van der Waals surface area contributed by atoms with E-state index in [-0.39, 0.29) is 5.78 Å². The molecule has 1 saturated heterocycles. The van der Waals surface area contributed by atoms with Crippen LogP contribution in [0.25, 0.3) is 0 Å². The van der Waals surface area contributed by atoms with Crippen LogP contribution >= 0.6 is 0 Å². The molecule has 4 atom stereocenters. The molecule has 1 aliphatic heterocycles. The Kier molecular flexibility index (Phi) is 7.62. The van der Waals surface area contributed by atoms with Crippen LogP contribution in [0.15, 0.2) is 109 Å². The zero-order chi connectivity index (χ0) is 29.1. The average Bonchev–Trinajstić information content (AvgIpc) is 3.31. The van der Waals surface area contributed by atoms with Crippen LogP contribution in [0.4, 0.5) is 0 Å². The lowest BCUT2D eigenvalue weighted by molar-refractivity contribution is -0.148. The second-order valence-electron chi connectivity index (χ2n) is 10.2. The zero-order valence-corrected chi connectivity index (χ0v) is 23.1. The number of amides is 1. The molecule has 1 fully saturated rings. The van der Waals surface area contributed by atoms with Gasteiger partial charge in [0.2, 0.25) is 0 Å². The Morgan fingerprint density at radius 3 is 1.71 bits per heavy atom. The molecule has 5 rings (SSSR count). The molecular weight excluding hydrogens is 518 g/mol. The topological polar surface area (TPSA) is 93.1 Å². The number of hydrogen-bond acceptors (Lipinski definition) is 5. The number of ether oxygens (including phenoxy) is 2. The Morgan fingerprint density at radius 1 is 0.683 bits per heavy atom. The Morgan fingerprint density at radius 2 is 1.20 bits per heavy atom. The van der Waals surface area contributed by atoms with E-state index in [1.807, 2.05) is 30.3 Å². The van der Waals surface area contributed by atoms with Crippen LogP contribution in [0.5, 0.6) is 11.5 Å². The molecule has 7 nitrogen and oxygen atoms in total. The van der Waals surface area contributed by atoms with Gasteiger partial charge in [-0.25, -0.2) is 4.79 Å². The number of hydrogen-bond donors (Lipinski definition) is 1. The Hall–Kier alpha value is -4.91. The summed E-state index contributed by atoms with van der Waals surface area (Å²) >= 11 is 0. The largest absolute Gasteiger partial charge is 0.497 e. The van der Waals surface area contributed by atoms with Gasteiger partial charge < -0.3 is 19.5 Å².